The summed E-state index contributed by atoms with van der Waals surface area (Å²) in [5.41, 5.74) is 2.60. The monoisotopic (exact) mass is 437 g/mol. The second-order valence-electron chi connectivity index (χ2n) is 9.00. The highest BCUT2D eigenvalue weighted by molar-refractivity contribution is 7.18. The molecule has 6 rings (SSSR count). The van der Waals surface area contributed by atoms with Crippen molar-refractivity contribution in [1.29, 1.82) is 0 Å². The van der Waals surface area contributed by atoms with Crippen LogP contribution in [0, 0.1) is 5.92 Å². The fraction of sp³-hybridized carbons (Fsp3) is 0.500. The van der Waals surface area contributed by atoms with Gasteiger partial charge in [-0.15, -0.1) is 22.7 Å². The lowest BCUT2D eigenvalue weighted by atomic mass is 9.95. The molecule has 2 atom stereocenters. The molecular formula is C24H27N3OS2. The average Bonchev–Trinajstić information content (AvgIpc) is 3.33. The van der Waals surface area contributed by atoms with Gasteiger partial charge in [0, 0.05) is 36.5 Å². The van der Waals surface area contributed by atoms with Gasteiger partial charge < -0.3 is 4.90 Å². The van der Waals surface area contributed by atoms with E-state index >= 15 is 0 Å². The van der Waals surface area contributed by atoms with Crippen LogP contribution in [0.5, 0.6) is 0 Å². The van der Waals surface area contributed by atoms with E-state index in [1.54, 1.807) is 16.2 Å². The third-order valence-corrected chi connectivity index (χ3v) is 9.15. The van der Waals surface area contributed by atoms with E-state index in [1.807, 2.05) is 11.3 Å². The van der Waals surface area contributed by atoms with Crippen LogP contribution in [0.3, 0.4) is 0 Å². The number of carbonyl (C=O) groups excluding carboxylic acids is 1. The number of aromatic nitrogens is 1. The molecule has 0 bridgehead atoms. The summed E-state index contributed by atoms with van der Waals surface area (Å²) in [5, 5.41) is 3.43. The molecule has 2 aliphatic heterocycles. The third kappa shape index (κ3) is 3.49. The predicted octanol–water partition coefficient (Wildman–Crippen LogP) is 5.07. The molecule has 3 aromatic rings. The number of fused-ring (bicyclic) bond motifs is 2. The van der Waals surface area contributed by atoms with Gasteiger partial charge in [0.2, 0.25) is 5.91 Å². The molecule has 2 aromatic heterocycles. The first-order valence-electron chi connectivity index (χ1n) is 11.2. The number of piperidine rings is 1. The summed E-state index contributed by atoms with van der Waals surface area (Å²) in [6.07, 6.45) is 5.93. The van der Waals surface area contributed by atoms with Crippen molar-refractivity contribution >= 4 is 38.8 Å². The molecule has 0 spiro atoms. The normalized spacial score (nSPS) is 24.9. The third-order valence-electron chi connectivity index (χ3n) is 6.96. The summed E-state index contributed by atoms with van der Waals surface area (Å²) in [4.78, 5) is 24.4. The van der Waals surface area contributed by atoms with Crippen LogP contribution in [0.15, 0.2) is 35.7 Å². The number of carbonyl (C=O) groups is 1. The van der Waals surface area contributed by atoms with Gasteiger partial charge in [-0.2, -0.15) is 0 Å². The molecule has 1 aliphatic carbocycles. The van der Waals surface area contributed by atoms with Gasteiger partial charge >= 0.3 is 0 Å². The summed E-state index contributed by atoms with van der Waals surface area (Å²) in [5.74, 6) is 1.44. The van der Waals surface area contributed by atoms with Crippen LogP contribution in [-0.2, 0) is 11.2 Å². The second kappa shape index (κ2) is 7.74. The van der Waals surface area contributed by atoms with Crippen LogP contribution in [0.4, 0.5) is 0 Å². The van der Waals surface area contributed by atoms with E-state index in [0.29, 0.717) is 24.4 Å². The van der Waals surface area contributed by atoms with Gasteiger partial charge in [0.25, 0.3) is 0 Å². The largest absolute Gasteiger partial charge is 0.341 e. The Balaban J connectivity index is 1.16. The van der Waals surface area contributed by atoms with Crippen molar-refractivity contribution < 1.29 is 4.79 Å². The molecule has 4 nitrogen and oxygen atoms in total. The number of nitrogens with zero attached hydrogens (tertiary/aromatic N) is 3. The minimum absolute atomic E-state index is 0.310. The smallest absolute Gasteiger partial charge is 0.236 e. The number of likely N-dealkylation sites (tertiary alicyclic amines) is 1. The Morgan fingerprint density at radius 1 is 1.13 bits per heavy atom. The van der Waals surface area contributed by atoms with Gasteiger partial charge in [-0.25, -0.2) is 4.98 Å². The molecule has 156 valence electrons. The highest BCUT2D eigenvalue weighted by Gasteiger charge is 2.41. The Morgan fingerprint density at radius 2 is 2.03 bits per heavy atom. The summed E-state index contributed by atoms with van der Waals surface area (Å²) < 4.78 is 1.25. The van der Waals surface area contributed by atoms with E-state index in [9.17, 15) is 4.79 Å². The molecule has 1 amide bonds. The maximum atomic E-state index is 13.3. The fourth-order valence-corrected chi connectivity index (χ4v) is 7.29. The Hall–Kier alpha value is -1.76. The molecule has 6 heteroatoms. The summed E-state index contributed by atoms with van der Waals surface area (Å²) in [6, 6.07) is 11.1. The SMILES string of the molecule is O=C(CN1CCc2sccc2C1C1CC1)N1CCCC(c2nc3ccccc3s2)C1. The van der Waals surface area contributed by atoms with E-state index < -0.39 is 0 Å². The maximum absolute atomic E-state index is 13.3. The van der Waals surface area contributed by atoms with Crippen molar-refractivity contribution in [3.63, 3.8) is 0 Å². The van der Waals surface area contributed by atoms with Crippen LogP contribution < -0.4 is 0 Å². The quantitative estimate of drug-likeness (QED) is 0.572. The Bertz CT molecular complexity index is 1040. The Morgan fingerprint density at radius 3 is 2.90 bits per heavy atom. The van der Waals surface area contributed by atoms with Gasteiger partial charge in [-0.05, 0) is 67.2 Å². The maximum Gasteiger partial charge on any atom is 0.236 e. The predicted molar refractivity (Wildman–Crippen MR) is 123 cm³/mol. The van der Waals surface area contributed by atoms with E-state index in [2.05, 4.69) is 45.5 Å². The number of rotatable bonds is 4. The lowest BCUT2D eigenvalue weighted by Crippen LogP contribution is -2.47. The van der Waals surface area contributed by atoms with Gasteiger partial charge in [-0.1, -0.05) is 12.1 Å². The Kier molecular flexibility index (Phi) is 4.89. The number of hydrogen-bond acceptors (Lipinski definition) is 5. The molecule has 1 aromatic carbocycles. The fourth-order valence-electron chi connectivity index (χ4n) is 5.28. The van der Waals surface area contributed by atoms with Crippen molar-refractivity contribution in [1.82, 2.24) is 14.8 Å². The van der Waals surface area contributed by atoms with E-state index in [1.165, 1.54) is 28.1 Å². The molecule has 0 N–H and O–H groups in total. The summed E-state index contributed by atoms with van der Waals surface area (Å²) in [6.45, 7) is 3.31. The number of amides is 1. The van der Waals surface area contributed by atoms with Crippen molar-refractivity contribution in [2.24, 2.45) is 5.92 Å². The molecule has 2 unspecified atom stereocenters. The summed E-state index contributed by atoms with van der Waals surface area (Å²) in [7, 11) is 0. The number of benzene rings is 1. The number of hydrogen-bond donors (Lipinski definition) is 0. The Labute approximate surface area is 185 Å². The topological polar surface area (TPSA) is 36.4 Å². The van der Waals surface area contributed by atoms with E-state index in [-0.39, 0.29) is 0 Å². The standard InChI is InChI=1S/C24H27N3OS2/c28-22(15-27-12-9-20-18(10-13-29-20)23(27)16-7-8-16)26-11-3-4-17(14-26)24-25-19-5-1-2-6-21(19)30-24/h1-2,5-6,10,13,16-17,23H,3-4,7-9,11-12,14-15H2. The van der Waals surface area contributed by atoms with E-state index in [4.69, 9.17) is 4.98 Å². The lowest BCUT2D eigenvalue weighted by molar-refractivity contribution is -0.134. The lowest BCUT2D eigenvalue weighted by Gasteiger charge is -2.38. The minimum Gasteiger partial charge on any atom is -0.341 e. The highest BCUT2D eigenvalue weighted by atomic mass is 32.1. The van der Waals surface area contributed by atoms with Gasteiger partial charge in [0.05, 0.1) is 21.8 Å². The number of thiophene rings is 1. The van der Waals surface area contributed by atoms with Crippen molar-refractivity contribution in [3.8, 4) is 0 Å². The highest BCUT2D eigenvalue weighted by Crippen LogP contribution is 2.48. The van der Waals surface area contributed by atoms with Crippen LogP contribution in [0.25, 0.3) is 10.2 Å². The molecule has 1 saturated heterocycles. The van der Waals surface area contributed by atoms with Crippen LogP contribution in [-0.4, -0.2) is 46.9 Å². The minimum atomic E-state index is 0.310. The first-order chi connectivity index (χ1) is 14.8. The zero-order valence-corrected chi connectivity index (χ0v) is 18.8. The molecule has 0 radical (unpaired) electrons. The summed E-state index contributed by atoms with van der Waals surface area (Å²) >= 11 is 3.70. The number of thiazole rings is 1. The van der Waals surface area contributed by atoms with E-state index in [0.717, 1.165) is 50.3 Å². The van der Waals surface area contributed by atoms with Gasteiger partial charge in [0.1, 0.15) is 0 Å². The molecule has 3 aliphatic rings. The molecular weight excluding hydrogens is 410 g/mol. The molecule has 4 heterocycles. The van der Waals surface area contributed by atoms with Gasteiger partial charge in [0.15, 0.2) is 0 Å². The molecule has 2 fully saturated rings. The zero-order chi connectivity index (χ0) is 20.1. The van der Waals surface area contributed by atoms with Crippen molar-refractivity contribution in [2.75, 3.05) is 26.2 Å². The second-order valence-corrected chi connectivity index (χ2v) is 11.1. The average molecular weight is 438 g/mol. The first kappa shape index (κ1) is 19.0. The molecule has 30 heavy (non-hydrogen) atoms. The van der Waals surface area contributed by atoms with Gasteiger partial charge in [-0.3, -0.25) is 9.69 Å². The molecule has 1 saturated carbocycles. The first-order valence-corrected chi connectivity index (χ1v) is 12.9. The zero-order valence-electron chi connectivity index (χ0n) is 17.1. The van der Waals surface area contributed by atoms with Crippen molar-refractivity contribution in [2.45, 2.75) is 44.1 Å². The van der Waals surface area contributed by atoms with Crippen LogP contribution >= 0.6 is 22.7 Å². The van der Waals surface area contributed by atoms with Crippen molar-refractivity contribution in [3.05, 3.63) is 51.2 Å². The van der Waals surface area contributed by atoms with Crippen LogP contribution in [0.1, 0.15) is 53.1 Å². The van der Waals surface area contributed by atoms with Crippen LogP contribution in [0.2, 0.25) is 0 Å². The number of para-hydroxylation sites is 1.